The number of amides is 1. The number of aldehydes is 1. The van der Waals surface area contributed by atoms with Crippen molar-refractivity contribution in [2.24, 2.45) is 16.2 Å². The Labute approximate surface area is 141 Å². The predicted octanol–water partition coefficient (Wildman–Crippen LogP) is -3.02. The van der Waals surface area contributed by atoms with E-state index in [0.29, 0.717) is 25.8 Å². The molecule has 3 unspecified atom stereocenters. The van der Waals surface area contributed by atoms with Crippen LogP contribution in [0.2, 0.25) is 0 Å². The van der Waals surface area contributed by atoms with Gasteiger partial charge in [0.15, 0.2) is 0 Å². The summed E-state index contributed by atoms with van der Waals surface area (Å²) in [4.78, 5) is 35.9. The van der Waals surface area contributed by atoms with Gasteiger partial charge in [0.2, 0.25) is 5.91 Å². The van der Waals surface area contributed by atoms with Gasteiger partial charge >= 0.3 is 29.6 Å². The molecule has 1 aliphatic carbocycles. The Hall–Kier alpha value is -0.390. The number of rotatable bonds is 3. The molecule has 0 spiro atoms. The molecule has 0 N–H and O–H groups in total. The van der Waals surface area contributed by atoms with Crippen LogP contribution >= 0.6 is 0 Å². The Bertz CT molecular complexity index is 450. The number of nitrogens with zero attached hydrogens (tertiary/aromatic N) is 1. The standard InChI is InChI=1S/C14H21NO4.Na/c1-12-5-13(2,9-16)7-14(3,6-12)11(19)15(8-12)4-10(17)18;/h9H,4-8H2,1-3H3,(H,17,18);/q;+1/p-1. The third-order valence-electron chi connectivity index (χ3n) is 4.42. The normalized spacial score (nSPS) is 40.0. The minimum absolute atomic E-state index is 0. The summed E-state index contributed by atoms with van der Waals surface area (Å²) in [5, 5.41) is 10.8. The van der Waals surface area contributed by atoms with Crippen molar-refractivity contribution in [1.82, 2.24) is 4.90 Å². The molecule has 1 amide bonds. The van der Waals surface area contributed by atoms with Crippen LogP contribution in [0.1, 0.15) is 40.0 Å². The molecular formula is C14H20NNaO4. The fourth-order valence-corrected chi connectivity index (χ4v) is 4.54. The van der Waals surface area contributed by atoms with Crippen LogP contribution in [0.3, 0.4) is 0 Å². The first-order valence-corrected chi connectivity index (χ1v) is 6.57. The van der Waals surface area contributed by atoms with E-state index in [9.17, 15) is 19.5 Å². The minimum Gasteiger partial charge on any atom is -0.548 e. The van der Waals surface area contributed by atoms with Crippen LogP contribution in [-0.2, 0) is 14.4 Å². The van der Waals surface area contributed by atoms with Crippen LogP contribution in [0.15, 0.2) is 0 Å². The molecular weight excluding hydrogens is 269 g/mol. The van der Waals surface area contributed by atoms with Gasteiger partial charge in [0.25, 0.3) is 0 Å². The maximum Gasteiger partial charge on any atom is 1.00 e. The van der Waals surface area contributed by atoms with Gasteiger partial charge in [-0.3, -0.25) is 4.79 Å². The predicted molar refractivity (Wildman–Crippen MR) is 65.8 cm³/mol. The van der Waals surface area contributed by atoms with Crippen LogP contribution in [-0.4, -0.2) is 36.2 Å². The third kappa shape index (κ3) is 3.10. The Morgan fingerprint density at radius 3 is 2.40 bits per heavy atom. The number of fused-ring (bicyclic) bond motifs is 2. The van der Waals surface area contributed by atoms with E-state index in [2.05, 4.69) is 0 Å². The summed E-state index contributed by atoms with van der Waals surface area (Å²) >= 11 is 0. The van der Waals surface area contributed by atoms with Gasteiger partial charge in [-0.15, -0.1) is 0 Å². The molecule has 0 aromatic rings. The largest absolute Gasteiger partial charge is 1.00 e. The summed E-state index contributed by atoms with van der Waals surface area (Å²) < 4.78 is 0. The zero-order chi connectivity index (χ0) is 14.5. The number of likely N-dealkylation sites (tertiary alicyclic amines) is 1. The molecule has 1 saturated heterocycles. The van der Waals surface area contributed by atoms with Crippen molar-refractivity contribution in [2.45, 2.75) is 40.0 Å². The molecule has 2 rings (SSSR count). The fourth-order valence-electron chi connectivity index (χ4n) is 4.54. The molecule has 2 fully saturated rings. The van der Waals surface area contributed by atoms with Crippen LogP contribution in [0.25, 0.3) is 0 Å². The molecule has 1 heterocycles. The van der Waals surface area contributed by atoms with Crippen molar-refractivity contribution in [3.05, 3.63) is 0 Å². The number of carboxylic acids is 1. The maximum absolute atomic E-state index is 12.5. The van der Waals surface area contributed by atoms with Gasteiger partial charge in [-0.2, -0.15) is 0 Å². The number of carbonyl (C=O) groups excluding carboxylic acids is 3. The van der Waals surface area contributed by atoms with Gasteiger partial charge in [-0.25, -0.2) is 0 Å². The molecule has 6 heteroatoms. The van der Waals surface area contributed by atoms with E-state index in [-0.39, 0.29) is 47.4 Å². The fraction of sp³-hybridized carbons (Fsp3) is 0.786. The van der Waals surface area contributed by atoms with Crippen molar-refractivity contribution >= 4 is 18.2 Å². The number of carbonyl (C=O) groups is 3. The Morgan fingerprint density at radius 1 is 1.30 bits per heavy atom. The second-order valence-corrected chi connectivity index (χ2v) is 7.21. The van der Waals surface area contributed by atoms with Crippen LogP contribution in [0.4, 0.5) is 0 Å². The molecule has 0 radical (unpaired) electrons. The number of piperidine rings is 1. The first kappa shape index (κ1) is 17.7. The van der Waals surface area contributed by atoms with E-state index in [1.54, 1.807) is 0 Å². The van der Waals surface area contributed by atoms with E-state index in [1.807, 2.05) is 20.8 Å². The summed E-state index contributed by atoms with van der Waals surface area (Å²) in [5.74, 6) is -1.40. The Morgan fingerprint density at radius 2 is 1.90 bits per heavy atom. The van der Waals surface area contributed by atoms with Gasteiger partial charge in [-0.1, -0.05) is 20.8 Å². The van der Waals surface area contributed by atoms with Crippen LogP contribution in [0.5, 0.6) is 0 Å². The summed E-state index contributed by atoms with van der Waals surface area (Å²) in [6, 6.07) is 0. The molecule has 0 aromatic heterocycles. The maximum atomic E-state index is 12.5. The third-order valence-corrected chi connectivity index (χ3v) is 4.42. The number of hydrogen-bond donors (Lipinski definition) is 0. The zero-order valence-electron chi connectivity index (χ0n) is 12.7. The van der Waals surface area contributed by atoms with Crippen molar-refractivity contribution in [3.8, 4) is 0 Å². The monoisotopic (exact) mass is 289 g/mol. The summed E-state index contributed by atoms with van der Waals surface area (Å²) in [7, 11) is 0. The SMILES string of the molecule is CC1(C=O)CC2(C)CN(CC(=O)[O-])C(=O)C(C)(C1)C2.[Na+]. The zero-order valence-corrected chi connectivity index (χ0v) is 14.7. The summed E-state index contributed by atoms with van der Waals surface area (Å²) in [6.07, 6.45) is 2.84. The minimum atomic E-state index is -1.24. The molecule has 106 valence electrons. The van der Waals surface area contributed by atoms with Crippen LogP contribution < -0.4 is 34.7 Å². The molecule has 1 aliphatic heterocycles. The molecule has 2 aliphatic rings. The second-order valence-electron chi connectivity index (χ2n) is 7.21. The molecule has 2 bridgehead atoms. The Balaban J connectivity index is 0.00000200. The second kappa shape index (κ2) is 5.43. The van der Waals surface area contributed by atoms with E-state index in [0.717, 1.165) is 6.29 Å². The first-order chi connectivity index (χ1) is 8.61. The average Bonchev–Trinajstić information content (AvgIpc) is 2.23. The van der Waals surface area contributed by atoms with Gasteiger partial charge in [-0.05, 0) is 24.7 Å². The van der Waals surface area contributed by atoms with E-state index in [1.165, 1.54) is 4.90 Å². The molecule has 5 nitrogen and oxygen atoms in total. The number of aliphatic carboxylic acids is 1. The quantitative estimate of drug-likeness (QED) is 0.409. The van der Waals surface area contributed by atoms with Gasteiger partial charge < -0.3 is 19.6 Å². The first-order valence-electron chi connectivity index (χ1n) is 6.57. The number of carboxylic acid groups (broad SMARTS) is 1. The van der Waals surface area contributed by atoms with Crippen molar-refractivity contribution in [1.29, 1.82) is 0 Å². The topological polar surface area (TPSA) is 77.5 Å². The molecule has 0 aromatic carbocycles. The van der Waals surface area contributed by atoms with E-state index < -0.39 is 16.8 Å². The van der Waals surface area contributed by atoms with Crippen molar-refractivity contribution < 1.29 is 49.0 Å². The average molecular weight is 289 g/mol. The number of hydrogen-bond acceptors (Lipinski definition) is 4. The van der Waals surface area contributed by atoms with Gasteiger partial charge in [0, 0.05) is 17.4 Å². The van der Waals surface area contributed by atoms with Gasteiger partial charge in [0.1, 0.15) is 6.29 Å². The summed E-state index contributed by atoms with van der Waals surface area (Å²) in [6.45, 7) is 5.79. The molecule has 20 heavy (non-hydrogen) atoms. The Kier molecular flexibility index (Phi) is 4.79. The summed E-state index contributed by atoms with van der Waals surface area (Å²) in [5.41, 5.74) is -1.34. The van der Waals surface area contributed by atoms with Gasteiger partial charge in [0.05, 0.1) is 12.5 Å². The molecule has 1 saturated carbocycles. The smallest absolute Gasteiger partial charge is 0.548 e. The molecule has 3 atom stereocenters. The van der Waals surface area contributed by atoms with Crippen LogP contribution in [0, 0.1) is 16.2 Å². The van der Waals surface area contributed by atoms with Crippen molar-refractivity contribution in [3.63, 3.8) is 0 Å². The van der Waals surface area contributed by atoms with Crippen molar-refractivity contribution in [2.75, 3.05) is 13.1 Å². The van der Waals surface area contributed by atoms with E-state index in [4.69, 9.17) is 0 Å². The van der Waals surface area contributed by atoms with E-state index >= 15 is 0 Å².